The lowest BCUT2D eigenvalue weighted by Gasteiger charge is -2.22. The van der Waals surface area contributed by atoms with Crippen molar-refractivity contribution in [1.82, 2.24) is 4.98 Å². The van der Waals surface area contributed by atoms with Gasteiger partial charge in [-0.15, -0.1) is 0 Å². The zero-order chi connectivity index (χ0) is 16.2. The van der Waals surface area contributed by atoms with Gasteiger partial charge in [0.1, 0.15) is 17.4 Å². The topological polar surface area (TPSA) is 42.4 Å². The average Bonchev–Trinajstić information content (AvgIpc) is 2.98. The van der Waals surface area contributed by atoms with Gasteiger partial charge in [0.25, 0.3) is 0 Å². The Morgan fingerprint density at radius 2 is 2.30 bits per heavy atom. The average molecular weight is 396 g/mol. The first-order chi connectivity index (χ1) is 11.2. The molecule has 0 saturated carbocycles. The normalized spacial score (nSPS) is 17.3. The minimum absolute atomic E-state index is 0.0372. The van der Waals surface area contributed by atoms with E-state index < -0.39 is 0 Å². The summed E-state index contributed by atoms with van der Waals surface area (Å²) in [6.45, 7) is 1.63. The van der Waals surface area contributed by atoms with Crippen LogP contribution in [0.3, 0.4) is 0 Å². The molecule has 1 aromatic heterocycles. The maximum Gasteiger partial charge on any atom is 0.232 e. The van der Waals surface area contributed by atoms with Crippen molar-refractivity contribution in [2.75, 3.05) is 18.0 Å². The van der Waals surface area contributed by atoms with E-state index in [1.54, 1.807) is 18.3 Å². The number of anilines is 1. The molecular weight excluding hydrogens is 380 g/mol. The molecule has 1 saturated heterocycles. The summed E-state index contributed by atoms with van der Waals surface area (Å²) in [5, 5.41) is 0.524. The number of hydrogen-bond acceptors (Lipinski definition) is 4. The highest BCUT2D eigenvalue weighted by Gasteiger charge is 2.26. The number of carbonyl (C=O) groups is 1. The summed E-state index contributed by atoms with van der Waals surface area (Å²) in [6, 6.07) is 9.58. The SMILES string of the molecule is O=CCc1cc(Br)ccc1N1CCC(Oc2ncccc2Cl)C1. The van der Waals surface area contributed by atoms with Gasteiger partial charge in [0.05, 0.1) is 6.54 Å². The predicted molar refractivity (Wildman–Crippen MR) is 94.4 cm³/mol. The van der Waals surface area contributed by atoms with E-state index >= 15 is 0 Å². The minimum Gasteiger partial charge on any atom is -0.471 e. The van der Waals surface area contributed by atoms with Crippen molar-refractivity contribution in [2.24, 2.45) is 0 Å². The van der Waals surface area contributed by atoms with E-state index in [9.17, 15) is 4.79 Å². The van der Waals surface area contributed by atoms with Crippen LogP contribution in [0.25, 0.3) is 0 Å². The first-order valence-corrected chi connectivity index (χ1v) is 8.58. The van der Waals surface area contributed by atoms with Gasteiger partial charge < -0.3 is 14.4 Å². The van der Waals surface area contributed by atoms with E-state index in [0.717, 1.165) is 41.5 Å². The Labute approximate surface area is 148 Å². The molecule has 0 bridgehead atoms. The number of ether oxygens (including phenoxy) is 1. The number of aromatic nitrogens is 1. The molecular formula is C17H16BrClN2O2. The van der Waals surface area contributed by atoms with Gasteiger partial charge in [0.15, 0.2) is 0 Å². The molecule has 0 spiro atoms. The Morgan fingerprint density at radius 3 is 3.09 bits per heavy atom. The molecule has 2 heterocycles. The summed E-state index contributed by atoms with van der Waals surface area (Å²) in [7, 11) is 0. The molecule has 1 atom stereocenters. The number of hydrogen-bond donors (Lipinski definition) is 0. The highest BCUT2D eigenvalue weighted by Crippen LogP contribution is 2.30. The lowest BCUT2D eigenvalue weighted by Crippen LogP contribution is -2.25. The zero-order valence-electron chi connectivity index (χ0n) is 12.4. The van der Waals surface area contributed by atoms with Crippen molar-refractivity contribution in [2.45, 2.75) is 18.9 Å². The summed E-state index contributed by atoms with van der Waals surface area (Å²) < 4.78 is 6.90. The molecule has 0 amide bonds. The highest BCUT2D eigenvalue weighted by atomic mass is 79.9. The number of benzene rings is 1. The molecule has 1 fully saturated rings. The minimum atomic E-state index is 0.0372. The predicted octanol–water partition coefficient (Wildman–Crippen LogP) is 3.90. The van der Waals surface area contributed by atoms with E-state index in [4.69, 9.17) is 16.3 Å². The fraction of sp³-hybridized carbons (Fsp3) is 0.294. The third kappa shape index (κ3) is 3.85. The van der Waals surface area contributed by atoms with E-state index in [-0.39, 0.29) is 6.10 Å². The second-order valence-electron chi connectivity index (χ2n) is 5.41. The quantitative estimate of drug-likeness (QED) is 0.720. The van der Waals surface area contributed by atoms with Crippen LogP contribution in [-0.4, -0.2) is 30.5 Å². The van der Waals surface area contributed by atoms with Crippen LogP contribution in [0.4, 0.5) is 5.69 Å². The van der Waals surface area contributed by atoms with Crippen molar-refractivity contribution in [3.05, 3.63) is 51.6 Å². The maximum absolute atomic E-state index is 10.9. The van der Waals surface area contributed by atoms with E-state index in [1.807, 2.05) is 18.2 Å². The van der Waals surface area contributed by atoms with Crippen molar-refractivity contribution in [1.29, 1.82) is 0 Å². The van der Waals surface area contributed by atoms with Crippen LogP contribution in [0.5, 0.6) is 5.88 Å². The number of aldehydes is 1. The van der Waals surface area contributed by atoms with Crippen LogP contribution in [-0.2, 0) is 11.2 Å². The monoisotopic (exact) mass is 394 g/mol. The Balaban J connectivity index is 1.73. The van der Waals surface area contributed by atoms with Gasteiger partial charge in [-0.05, 0) is 35.9 Å². The summed E-state index contributed by atoms with van der Waals surface area (Å²) in [6.07, 6.45) is 3.94. The van der Waals surface area contributed by atoms with Crippen LogP contribution in [0.1, 0.15) is 12.0 Å². The Bertz CT molecular complexity index is 711. The molecule has 1 unspecified atom stereocenters. The van der Waals surface area contributed by atoms with Crippen molar-refractivity contribution in [3.8, 4) is 5.88 Å². The number of nitrogens with zero attached hydrogens (tertiary/aromatic N) is 2. The van der Waals surface area contributed by atoms with Crippen LogP contribution in [0.2, 0.25) is 5.02 Å². The molecule has 2 aromatic rings. The molecule has 4 nitrogen and oxygen atoms in total. The summed E-state index contributed by atoms with van der Waals surface area (Å²) in [4.78, 5) is 17.3. The molecule has 1 aliphatic rings. The van der Waals surface area contributed by atoms with Crippen LogP contribution in [0.15, 0.2) is 41.0 Å². The third-order valence-corrected chi connectivity index (χ3v) is 4.61. The molecule has 23 heavy (non-hydrogen) atoms. The van der Waals surface area contributed by atoms with Crippen molar-refractivity contribution < 1.29 is 9.53 Å². The number of rotatable bonds is 5. The van der Waals surface area contributed by atoms with Crippen molar-refractivity contribution >= 4 is 39.5 Å². The molecule has 1 aromatic carbocycles. The van der Waals surface area contributed by atoms with Crippen LogP contribution in [0, 0.1) is 0 Å². The molecule has 1 aliphatic heterocycles. The second-order valence-corrected chi connectivity index (χ2v) is 6.73. The molecule has 120 valence electrons. The largest absolute Gasteiger partial charge is 0.471 e. The van der Waals surface area contributed by atoms with E-state index in [0.29, 0.717) is 17.3 Å². The molecule has 0 aliphatic carbocycles. The fourth-order valence-corrected chi connectivity index (χ4v) is 3.35. The second kappa shape index (κ2) is 7.32. The first-order valence-electron chi connectivity index (χ1n) is 7.41. The van der Waals surface area contributed by atoms with E-state index in [2.05, 4.69) is 25.8 Å². The smallest absolute Gasteiger partial charge is 0.232 e. The van der Waals surface area contributed by atoms with Gasteiger partial charge >= 0.3 is 0 Å². The van der Waals surface area contributed by atoms with Gasteiger partial charge in [-0.3, -0.25) is 0 Å². The Hall–Kier alpha value is -1.59. The Morgan fingerprint density at radius 1 is 1.43 bits per heavy atom. The number of halogens is 2. The van der Waals surface area contributed by atoms with Crippen molar-refractivity contribution in [3.63, 3.8) is 0 Å². The molecule has 0 N–H and O–H groups in total. The number of pyridine rings is 1. The molecule has 6 heteroatoms. The maximum atomic E-state index is 10.9. The standard InChI is InChI=1S/C17H16BrClN2O2/c18-13-3-4-16(12(10-13)6-9-22)21-8-5-14(11-21)23-17-15(19)2-1-7-20-17/h1-4,7,9-10,14H,5-6,8,11H2. The Kier molecular flexibility index (Phi) is 5.18. The van der Waals surface area contributed by atoms with Gasteiger partial charge in [-0.25, -0.2) is 4.98 Å². The van der Waals surface area contributed by atoms with Gasteiger partial charge in [-0.2, -0.15) is 0 Å². The molecule has 3 rings (SSSR count). The highest BCUT2D eigenvalue weighted by molar-refractivity contribution is 9.10. The van der Waals surface area contributed by atoms with Gasteiger partial charge in [-0.1, -0.05) is 27.5 Å². The lowest BCUT2D eigenvalue weighted by atomic mass is 10.1. The summed E-state index contributed by atoms with van der Waals surface area (Å²) >= 11 is 9.55. The lowest BCUT2D eigenvalue weighted by molar-refractivity contribution is -0.107. The first kappa shape index (κ1) is 16.3. The summed E-state index contributed by atoms with van der Waals surface area (Å²) in [5.41, 5.74) is 2.10. The fourth-order valence-electron chi connectivity index (χ4n) is 2.77. The third-order valence-electron chi connectivity index (χ3n) is 3.83. The van der Waals surface area contributed by atoms with Crippen LogP contribution >= 0.6 is 27.5 Å². The van der Waals surface area contributed by atoms with Gasteiger partial charge in [0, 0.05) is 35.7 Å². The van der Waals surface area contributed by atoms with Crippen LogP contribution < -0.4 is 9.64 Å². The molecule has 0 radical (unpaired) electrons. The zero-order valence-corrected chi connectivity index (χ0v) is 14.8. The summed E-state index contributed by atoms with van der Waals surface area (Å²) in [5.74, 6) is 0.477. The van der Waals surface area contributed by atoms with Gasteiger partial charge in [0.2, 0.25) is 5.88 Å². The number of carbonyl (C=O) groups excluding carboxylic acids is 1. The van der Waals surface area contributed by atoms with E-state index in [1.165, 1.54) is 0 Å².